The summed E-state index contributed by atoms with van der Waals surface area (Å²) in [7, 11) is 2.15. The van der Waals surface area contributed by atoms with E-state index in [1.807, 2.05) is 0 Å². The summed E-state index contributed by atoms with van der Waals surface area (Å²) in [5.74, 6) is 0.950. The molecule has 0 bridgehead atoms. The minimum absolute atomic E-state index is 0.0677. The first-order chi connectivity index (χ1) is 12.8. The summed E-state index contributed by atoms with van der Waals surface area (Å²) in [6.07, 6.45) is 0.180. The number of benzene rings is 2. The highest BCUT2D eigenvalue weighted by molar-refractivity contribution is 7.92. The van der Waals surface area contributed by atoms with Gasteiger partial charge in [-0.2, -0.15) is 0 Å². The molecule has 3 rings (SSSR count). The molecular formula is C18H20N2O6S. The fraction of sp³-hybridized carbons (Fsp3) is 0.278. The van der Waals surface area contributed by atoms with Gasteiger partial charge in [-0.05, 0) is 23.8 Å². The second-order valence-electron chi connectivity index (χ2n) is 5.94. The van der Waals surface area contributed by atoms with Crippen molar-refractivity contribution in [3.8, 4) is 17.2 Å². The lowest BCUT2D eigenvalue weighted by atomic mass is 10.2. The van der Waals surface area contributed by atoms with Gasteiger partial charge in [0, 0.05) is 24.9 Å². The van der Waals surface area contributed by atoms with E-state index in [2.05, 4.69) is 4.72 Å². The van der Waals surface area contributed by atoms with Crippen molar-refractivity contribution >= 4 is 27.3 Å². The molecule has 2 aromatic carbocycles. The Kier molecular flexibility index (Phi) is 4.88. The SMILES string of the molecule is COc1cc(NS(=O)(=O)c2ccc3c(c2)CC(=O)N3C)cc(OC)c1OC. The van der Waals surface area contributed by atoms with E-state index >= 15 is 0 Å². The van der Waals surface area contributed by atoms with E-state index in [-0.39, 0.29) is 22.9 Å². The molecule has 0 spiro atoms. The smallest absolute Gasteiger partial charge is 0.261 e. The summed E-state index contributed by atoms with van der Waals surface area (Å²) >= 11 is 0. The van der Waals surface area contributed by atoms with E-state index in [9.17, 15) is 13.2 Å². The maximum Gasteiger partial charge on any atom is 0.261 e. The molecule has 1 heterocycles. The molecule has 0 atom stereocenters. The highest BCUT2D eigenvalue weighted by Gasteiger charge is 2.26. The van der Waals surface area contributed by atoms with Crippen molar-refractivity contribution in [3.63, 3.8) is 0 Å². The summed E-state index contributed by atoms with van der Waals surface area (Å²) in [6.45, 7) is 0. The number of hydrogen-bond acceptors (Lipinski definition) is 6. The second-order valence-corrected chi connectivity index (χ2v) is 7.62. The van der Waals surface area contributed by atoms with Crippen LogP contribution < -0.4 is 23.8 Å². The Morgan fingerprint density at radius 1 is 1.00 bits per heavy atom. The molecule has 1 aliphatic rings. The molecule has 0 saturated carbocycles. The minimum atomic E-state index is -3.87. The number of hydrogen-bond donors (Lipinski definition) is 1. The first kappa shape index (κ1) is 18.8. The Hall–Kier alpha value is -2.94. The summed E-state index contributed by atoms with van der Waals surface area (Å²) in [5, 5.41) is 0. The molecule has 0 aromatic heterocycles. The standard InChI is InChI=1S/C18H20N2O6S/c1-20-14-6-5-13(7-11(14)8-17(20)21)27(22,23)19-12-9-15(24-2)18(26-4)16(10-12)25-3/h5-7,9-10,19H,8H2,1-4H3. The number of anilines is 2. The molecule has 0 aliphatic carbocycles. The van der Waals surface area contributed by atoms with Gasteiger partial charge >= 0.3 is 0 Å². The molecule has 0 fully saturated rings. The van der Waals surface area contributed by atoms with Crippen LogP contribution in [0.2, 0.25) is 0 Å². The molecule has 27 heavy (non-hydrogen) atoms. The van der Waals surface area contributed by atoms with Gasteiger partial charge in [0.05, 0.1) is 38.3 Å². The van der Waals surface area contributed by atoms with E-state index in [0.29, 0.717) is 28.5 Å². The number of carbonyl (C=O) groups excluding carboxylic acids is 1. The van der Waals surface area contributed by atoms with Crippen molar-refractivity contribution in [2.24, 2.45) is 0 Å². The van der Waals surface area contributed by atoms with Gasteiger partial charge in [-0.15, -0.1) is 0 Å². The lowest BCUT2D eigenvalue weighted by Crippen LogP contribution is -2.20. The number of methoxy groups -OCH3 is 3. The van der Waals surface area contributed by atoms with Crippen LogP contribution >= 0.6 is 0 Å². The van der Waals surface area contributed by atoms with Crippen LogP contribution in [0, 0.1) is 0 Å². The third kappa shape index (κ3) is 3.37. The van der Waals surface area contributed by atoms with Crippen molar-refractivity contribution in [1.29, 1.82) is 0 Å². The van der Waals surface area contributed by atoms with Crippen LogP contribution in [-0.2, 0) is 21.2 Å². The predicted octanol–water partition coefficient (Wildman–Crippen LogP) is 2.03. The lowest BCUT2D eigenvalue weighted by Gasteiger charge is -2.15. The molecule has 8 nitrogen and oxygen atoms in total. The molecule has 2 aromatic rings. The number of nitrogens with zero attached hydrogens (tertiary/aromatic N) is 1. The Labute approximate surface area is 157 Å². The molecule has 144 valence electrons. The summed E-state index contributed by atoms with van der Waals surface area (Å²) in [4.78, 5) is 13.4. The number of rotatable bonds is 6. The van der Waals surface area contributed by atoms with E-state index in [4.69, 9.17) is 14.2 Å². The van der Waals surface area contributed by atoms with Crippen LogP contribution in [0.3, 0.4) is 0 Å². The Bertz CT molecular complexity index is 978. The average Bonchev–Trinajstić information content (AvgIpc) is 2.94. The van der Waals surface area contributed by atoms with Crippen LogP contribution in [0.5, 0.6) is 17.2 Å². The number of fused-ring (bicyclic) bond motifs is 1. The van der Waals surface area contributed by atoms with Gasteiger partial charge in [-0.1, -0.05) is 0 Å². The van der Waals surface area contributed by atoms with Crippen LogP contribution in [0.15, 0.2) is 35.2 Å². The monoisotopic (exact) mass is 392 g/mol. The van der Waals surface area contributed by atoms with Crippen molar-refractivity contribution in [2.75, 3.05) is 38.0 Å². The van der Waals surface area contributed by atoms with E-state index in [1.165, 1.54) is 50.5 Å². The Morgan fingerprint density at radius 3 is 2.19 bits per heavy atom. The van der Waals surface area contributed by atoms with Gasteiger partial charge in [0.1, 0.15) is 0 Å². The number of likely N-dealkylation sites (N-methyl/N-ethyl adjacent to an activating group) is 1. The summed E-state index contributed by atoms with van der Waals surface area (Å²) in [6, 6.07) is 7.61. The number of nitrogens with one attached hydrogen (secondary N) is 1. The number of ether oxygens (including phenoxy) is 3. The third-order valence-corrected chi connectivity index (χ3v) is 5.73. The zero-order valence-electron chi connectivity index (χ0n) is 15.4. The van der Waals surface area contributed by atoms with Gasteiger partial charge in [-0.25, -0.2) is 8.42 Å². The van der Waals surface area contributed by atoms with Gasteiger partial charge < -0.3 is 19.1 Å². The first-order valence-electron chi connectivity index (χ1n) is 8.03. The van der Waals surface area contributed by atoms with Crippen molar-refractivity contribution in [3.05, 3.63) is 35.9 Å². The van der Waals surface area contributed by atoms with Crippen molar-refractivity contribution < 1.29 is 27.4 Å². The molecule has 9 heteroatoms. The fourth-order valence-corrected chi connectivity index (χ4v) is 4.06. The quantitative estimate of drug-likeness (QED) is 0.808. The van der Waals surface area contributed by atoms with Gasteiger partial charge in [0.2, 0.25) is 11.7 Å². The maximum atomic E-state index is 12.8. The topological polar surface area (TPSA) is 94.2 Å². The third-order valence-electron chi connectivity index (χ3n) is 4.36. The van der Waals surface area contributed by atoms with Gasteiger partial charge in [-0.3, -0.25) is 9.52 Å². The molecule has 0 saturated heterocycles. The maximum absolute atomic E-state index is 12.8. The zero-order valence-corrected chi connectivity index (χ0v) is 16.2. The molecule has 1 amide bonds. The first-order valence-corrected chi connectivity index (χ1v) is 9.51. The zero-order chi connectivity index (χ0) is 19.8. The molecule has 0 unspecified atom stereocenters. The molecule has 1 aliphatic heterocycles. The number of carbonyl (C=O) groups is 1. The van der Waals surface area contributed by atoms with Crippen LogP contribution in [-0.4, -0.2) is 42.7 Å². The fourth-order valence-electron chi connectivity index (χ4n) is 2.97. The Balaban J connectivity index is 1.96. The van der Waals surface area contributed by atoms with Crippen molar-refractivity contribution in [1.82, 2.24) is 0 Å². The molecule has 0 radical (unpaired) electrons. The highest BCUT2D eigenvalue weighted by atomic mass is 32.2. The molecule has 1 N–H and O–H groups in total. The van der Waals surface area contributed by atoms with Gasteiger partial charge in [0.25, 0.3) is 10.0 Å². The van der Waals surface area contributed by atoms with Gasteiger partial charge in [0.15, 0.2) is 11.5 Å². The van der Waals surface area contributed by atoms with E-state index in [0.717, 1.165) is 0 Å². The minimum Gasteiger partial charge on any atom is -0.493 e. The highest BCUT2D eigenvalue weighted by Crippen LogP contribution is 2.40. The number of amides is 1. The van der Waals surface area contributed by atoms with Crippen LogP contribution in [0.1, 0.15) is 5.56 Å². The van der Waals surface area contributed by atoms with E-state index < -0.39 is 10.0 Å². The largest absolute Gasteiger partial charge is 0.493 e. The van der Waals surface area contributed by atoms with Crippen molar-refractivity contribution in [2.45, 2.75) is 11.3 Å². The normalized spacial score (nSPS) is 13.3. The van der Waals surface area contributed by atoms with Crippen LogP contribution in [0.25, 0.3) is 0 Å². The average molecular weight is 392 g/mol. The lowest BCUT2D eigenvalue weighted by molar-refractivity contribution is -0.117. The number of sulfonamides is 1. The van der Waals surface area contributed by atoms with Crippen LogP contribution in [0.4, 0.5) is 11.4 Å². The van der Waals surface area contributed by atoms with E-state index in [1.54, 1.807) is 13.1 Å². The Morgan fingerprint density at radius 2 is 1.63 bits per heavy atom. The second kappa shape index (κ2) is 6.99. The molecular weight excluding hydrogens is 372 g/mol. The summed E-state index contributed by atoms with van der Waals surface area (Å²) in [5.41, 5.74) is 1.65. The summed E-state index contributed by atoms with van der Waals surface area (Å²) < 4.78 is 43.8. The predicted molar refractivity (Wildman–Crippen MR) is 100 cm³/mol.